The zero-order chi connectivity index (χ0) is 17.1. The Hall–Kier alpha value is -2.75. The van der Waals surface area contributed by atoms with Crippen molar-refractivity contribution in [2.24, 2.45) is 0 Å². The van der Waals surface area contributed by atoms with E-state index in [0.29, 0.717) is 19.8 Å². The van der Waals surface area contributed by atoms with Crippen molar-refractivity contribution in [2.45, 2.75) is 19.4 Å². The average molecular weight is 335 g/mol. The van der Waals surface area contributed by atoms with E-state index in [0.717, 1.165) is 47.6 Å². The van der Waals surface area contributed by atoms with Gasteiger partial charge in [0.25, 0.3) is 0 Å². The largest absolute Gasteiger partial charge is 0.486 e. The minimum Gasteiger partial charge on any atom is -0.486 e. The van der Waals surface area contributed by atoms with Crippen LogP contribution in [0.4, 0.5) is 0 Å². The maximum Gasteiger partial charge on any atom is 0.250 e. The molecule has 2 aromatic rings. The molecule has 0 radical (unpaired) electrons. The number of nitrogens with zero attached hydrogens (tertiary/aromatic N) is 1. The number of piperidine rings is 1. The number of carbonyl (C=O) groups is 1. The van der Waals surface area contributed by atoms with Crippen molar-refractivity contribution in [3.8, 4) is 11.5 Å². The molecule has 0 atom stereocenters. The van der Waals surface area contributed by atoms with E-state index in [4.69, 9.17) is 9.47 Å². The van der Waals surface area contributed by atoms with Crippen molar-refractivity contribution < 1.29 is 14.3 Å². The van der Waals surface area contributed by atoms with Gasteiger partial charge in [-0.1, -0.05) is 36.4 Å². The number of hydrogen-bond acceptors (Lipinski definition) is 3. The number of likely N-dealkylation sites (tertiary alicyclic amines) is 1. The van der Waals surface area contributed by atoms with Crippen LogP contribution in [0.1, 0.15) is 24.0 Å². The predicted octanol–water partition coefficient (Wildman–Crippen LogP) is 3.66. The summed E-state index contributed by atoms with van der Waals surface area (Å²) in [6, 6.07) is 16.0. The second-order valence-electron chi connectivity index (χ2n) is 6.39. The van der Waals surface area contributed by atoms with E-state index < -0.39 is 0 Å². The maximum atomic E-state index is 12.8. The van der Waals surface area contributed by atoms with Gasteiger partial charge in [0.05, 0.1) is 0 Å². The van der Waals surface area contributed by atoms with Gasteiger partial charge >= 0.3 is 0 Å². The topological polar surface area (TPSA) is 38.8 Å². The number of carbonyl (C=O) groups excluding carboxylic acids is 1. The summed E-state index contributed by atoms with van der Waals surface area (Å²) >= 11 is 0. The van der Waals surface area contributed by atoms with Crippen LogP contribution in [0, 0.1) is 0 Å². The molecule has 2 heterocycles. The Kier molecular flexibility index (Phi) is 4.42. The molecule has 0 aromatic heterocycles. The standard InChI is InChI=1S/C21H21NO3/c23-21-18(7-4-10-22(21)15-16-5-2-1-3-6-16)13-17-8-9-19-20(14-17)25-12-11-24-19/h1-3,5-6,8-9,13-14H,4,7,10-12,15H2/b18-13-. The smallest absolute Gasteiger partial charge is 0.250 e. The summed E-state index contributed by atoms with van der Waals surface area (Å²) in [7, 11) is 0. The fraction of sp³-hybridized carbons (Fsp3) is 0.286. The van der Waals surface area contributed by atoms with Crippen LogP contribution in [0.5, 0.6) is 11.5 Å². The van der Waals surface area contributed by atoms with Crippen LogP contribution < -0.4 is 9.47 Å². The molecule has 2 aromatic carbocycles. The van der Waals surface area contributed by atoms with E-state index >= 15 is 0 Å². The van der Waals surface area contributed by atoms with E-state index in [-0.39, 0.29) is 5.91 Å². The van der Waals surface area contributed by atoms with E-state index in [2.05, 4.69) is 12.1 Å². The van der Waals surface area contributed by atoms with Crippen LogP contribution in [0.25, 0.3) is 6.08 Å². The Morgan fingerprint density at radius 2 is 1.80 bits per heavy atom. The first kappa shape index (κ1) is 15.8. The fourth-order valence-corrected chi connectivity index (χ4v) is 3.31. The minimum absolute atomic E-state index is 0.130. The summed E-state index contributed by atoms with van der Waals surface area (Å²) in [6.07, 6.45) is 3.80. The van der Waals surface area contributed by atoms with Crippen LogP contribution in [0.2, 0.25) is 0 Å². The van der Waals surface area contributed by atoms with Gasteiger partial charge in [0.1, 0.15) is 13.2 Å². The molecule has 4 nitrogen and oxygen atoms in total. The van der Waals surface area contributed by atoms with Crippen molar-refractivity contribution in [1.82, 2.24) is 4.90 Å². The van der Waals surface area contributed by atoms with Gasteiger partial charge in [0.2, 0.25) is 5.91 Å². The van der Waals surface area contributed by atoms with Crippen molar-refractivity contribution in [3.63, 3.8) is 0 Å². The molecule has 0 saturated carbocycles. The first-order chi connectivity index (χ1) is 12.3. The fourth-order valence-electron chi connectivity index (χ4n) is 3.31. The summed E-state index contributed by atoms with van der Waals surface area (Å²) in [4.78, 5) is 14.8. The van der Waals surface area contributed by atoms with Crippen molar-refractivity contribution in [3.05, 3.63) is 65.2 Å². The Balaban J connectivity index is 1.53. The third kappa shape index (κ3) is 3.53. The quantitative estimate of drug-likeness (QED) is 0.804. The number of benzene rings is 2. The lowest BCUT2D eigenvalue weighted by Crippen LogP contribution is -2.36. The average Bonchev–Trinajstić information content (AvgIpc) is 2.66. The molecule has 2 aliphatic rings. The van der Waals surface area contributed by atoms with Crippen molar-refractivity contribution in [1.29, 1.82) is 0 Å². The van der Waals surface area contributed by atoms with E-state index in [1.165, 1.54) is 0 Å². The first-order valence-electron chi connectivity index (χ1n) is 8.73. The molecule has 4 heteroatoms. The molecule has 0 aliphatic carbocycles. The van der Waals surface area contributed by atoms with Gasteiger partial charge in [-0.15, -0.1) is 0 Å². The molecule has 25 heavy (non-hydrogen) atoms. The minimum atomic E-state index is 0.130. The highest BCUT2D eigenvalue weighted by atomic mass is 16.6. The summed E-state index contributed by atoms with van der Waals surface area (Å²) in [6.45, 7) is 2.63. The SMILES string of the molecule is O=C1/C(=C\c2ccc3c(c2)OCCO3)CCCN1Cc1ccccc1. The maximum absolute atomic E-state index is 12.8. The summed E-state index contributed by atoms with van der Waals surface area (Å²) in [5.41, 5.74) is 3.00. The van der Waals surface area contributed by atoms with Gasteiger partial charge in [-0.3, -0.25) is 4.79 Å². The summed E-state index contributed by atoms with van der Waals surface area (Å²) in [5, 5.41) is 0. The third-order valence-corrected chi connectivity index (χ3v) is 4.56. The summed E-state index contributed by atoms with van der Waals surface area (Å²) < 4.78 is 11.2. The van der Waals surface area contributed by atoms with Crippen molar-refractivity contribution in [2.75, 3.05) is 19.8 Å². The molecule has 2 aliphatic heterocycles. The van der Waals surface area contributed by atoms with Crippen LogP contribution >= 0.6 is 0 Å². The molecule has 0 bridgehead atoms. The third-order valence-electron chi connectivity index (χ3n) is 4.56. The van der Waals surface area contributed by atoms with Crippen LogP contribution in [-0.4, -0.2) is 30.6 Å². The molecular formula is C21H21NO3. The predicted molar refractivity (Wildman–Crippen MR) is 96.5 cm³/mol. The molecule has 0 unspecified atom stereocenters. The number of hydrogen-bond donors (Lipinski definition) is 0. The molecule has 1 saturated heterocycles. The number of fused-ring (bicyclic) bond motifs is 1. The zero-order valence-corrected chi connectivity index (χ0v) is 14.1. The van der Waals surface area contributed by atoms with Crippen LogP contribution in [0.15, 0.2) is 54.1 Å². The molecule has 128 valence electrons. The van der Waals surface area contributed by atoms with Crippen LogP contribution in [0.3, 0.4) is 0 Å². The first-order valence-corrected chi connectivity index (χ1v) is 8.73. The van der Waals surface area contributed by atoms with Gasteiger partial charge < -0.3 is 14.4 Å². The number of rotatable bonds is 3. The highest BCUT2D eigenvalue weighted by molar-refractivity contribution is 5.98. The Morgan fingerprint density at radius 1 is 1.00 bits per heavy atom. The molecule has 4 rings (SSSR count). The van der Waals surface area contributed by atoms with Gasteiger partial charge in [-0.25, -0.2) is 0 Å². The Labute approximate surface area is 147 Å². The number of ether oxygens (including phenoxy) is 2. The van der Waals surface area contributed by atoms with Gasteiger partial charge in [0, 0.05) is 18.7 Å². The highest BCUT2D eigenvalue weighted by Crippen LogP contribution is 2.32. The van der Waals surface area contributed by atoms with E-state index in [1.54, 1.807) is 0 Å². The second kappa shape index (κ2) is 7.01. The van der Waals surface area contributed by atoms with Gasteiger partial charge in [-0.05, 0) is 42.2 Å². The monoisotopic (exact) mass is 335 g/mol. The van der Waals surface area contributed by atoms with E-state index in [1.807, 2.05) is 47.4 Å². The lowest BCUT2D eigenvalue weighted by atomic mass is 10.00. The normalized spacial score (nSPS) is 18.5. The molecule has 0 N–H and O–H groups in total. The number of amides is 1. The van der Waals surface area contributed by atoms with Crippen LogP contribution in [-0.2, 0) is 11.3 Å². The molecule has 1 amide bonds. The lowest BCUT2D eigenvalue weighted by molar-refractivity contribution is -0.129. The summed E-state index contributed by atoms with van der Waals surface area (Å²) in [5.74, 6) is 1.66. The second-order valence-corrected chi connectivity index (χ2v) is 6.39. The highest BCUT2D eigenvalue weighted by Gasteiger charge is 2.23. The van der Waals surface area contributed by atoms with Crippen molar-refractivity contribution >= 4 is 12.0 Å². The Bertz CT molecular complexity index is 798. The Morgan fingerprint density at radius 3 is 2.64 bits per heavy atom. The van der Waals surface area contributed by atoms with E-state index in [9.17, 15) is 4.79 Å². The lowest BCUT2D eigenvalue weighted by Gasteiger charge is -2.28. The zero-order valence-electron chi connectivity index (χ0n) is 14.1. The molecule has 1 fully saturated rings. The van der Waals surface area contributed by atoms with Gasteiger partial charge in [-0.2, -0.15) is 0 Å². The van der Waals surface area contributed by atoms with Gasteiger partial charge in [0.15, 0.2) is 11.5 Å². The molecule has 0 spiro atoms. The molecular weight excluding hydrogens is 314 g/mol.